The smallest absolute Gasteiger partial charge is 0.346 e. The van der Waals surface area contributed by atoms with Crippen LogP contribution in [0.25, 0.3) is 17.2 Å². The van der Waals surface area contributed by atoms with Gasteiger partial charge in [-0.3, -0.25) is 0 Å². The van der Waals surface area contributed by atoms with Crippen LogP contribution in [0.4, 0.5) is 0 Å². The Morgan fingerprint density at radius 2 is 1.48 bits per heavy atom. The summed E-state index contributed by atoms with van der Waals surface area (Å²) >= 11 is 0. The summed E-state index contributed by atoms with van der Waals surface area (Å²) in [6, 6.07) is 26.5. The maximum Gasteiger partial charge on any atom is 0.346 e. The summed E-state index contributed by atoms with van der Waals surface area (Å²) in [4.78, 5) is 11.0. The van der Waals surface area contributed by atoms with Gasteiger partial charge in [-0.1, -0.05) is 60.7 Å². The molecule has 0 amide bonds. The van der Waals surface area contributed by atoms with Crippen molar-refractivity contribution >= 4 is 12.0 Å². The molecule has 0 aliphatic rings. The molecule has 0 heterocycles. The van der Waals surface area contributed by atoms with Crippen molar-refractivity contribution in [1.29, 1.82) is 5.26 Å². The predicted molar refractivity (Wildman–Crippen MR) is 111 cm³/mol. The fourth-order valence-electron chi connectivity index (χ4n) is 2.71. The molecule has 0 radical (unpaired) electrons. The zero-order chi connectivity index (χ0) is 20.5. The first kappa shape index (κ1) is 19.7. The zero-order valence-electron chi connectivity index (χ0n) is 15.6. The SMILES string of the molecule is N#CC(=Cc1ccccc1OCCOc1ccc(-c2ccccc2)cc1)C(=O)O. The minimum absolute atomic E-state index is 0.278. The quantitative estimate of drug-likeness (QED) is 0.342. The minimum atomic E-state index is -1.27. The van der Waals surface area contributed by atoms with Crippen LogP contribution >= 0.6 is 0 Å². The van der Waals surface area contributed by atoms with Gasteiger partial charge in [0.25, 0.3) is 0 Å². The fraction of sp³-hybridized carbons (Fsp3) is 0.0833. The molecule has 3 rings (SSSR count). The number of carboxylic acid groups (broad SMARTS) is 1. The first-order chi connectivity index (χ1) is 14.2. The van der Waals surface area contributed by atoms with Crippen molar-refractivity contribution in [2.75, 3.05) is 13.2 Å². The lowest BCUT2D eigenvalue weighted by Gasteiger charge is -2.11. The Hall–Kier alpha value is -4.04. The van der Waals surface area contributed by atoms with Crippen LogP contribution in [0.3, 0.4) is 0 Å². The van der Waals surface area contributed by atoms with Gasteiger partial charge in [0.05, 0.1) is 0 Å². The average Bonchev–Trinajstić information content (AvgIpc) is 2.76. The second-order valence-electron chi connectivity index (χ2n) is 6.10. The van der Waals surface area contributed by atoms with E-state index in [0.717, 1.165) is 16.9 Å². The van der Waals surface area contributed by atoms with Crippen LogP contribution in [0.5, 0.6) is 11.5 Å². The van der Waals surface area contributed by atoms with Crippen molar-refractivity contribution in [3.05, 3.63) is 90.0 Å². The first-order valence-electron chi connectivity index (χ1n) is 9.02. The van der Waals surface area contributed by atoms with Crippen molar-refractivity contribution in [2.45, 2.75) is 0 Å². The highest BCUT2D eigenvalue weighted by Gasteiger charge is 2.08. The number of nitriles is 1. The molecule has 0 unspecified atom stereocenters. The van der Waals surface area contributed by atoms with Crippen molar-refractivity contribution in [1.82, 2.24) is 0 Å². The maximum atomic E-state index is 11.0. The monoisotopic (exact) mass is 385 g/mol. The van der Waals surface area contributed by atoms with Gasteiger partial charge >= 0.3 is 5.97 Å². The molecule has 3 aromatic carbocycles. The number of ether oxygens (including phenoxy) is 2. The lowest BCUT2D eigenvalue weighted by atomic mass is 10.1. The number of hydrogen-bond donors (Lipinski definition) is 1. The fourth-order valence-corrected chi connectivity index (χ4v) is 2.71. The van der Waals surface area contributed by atoms with Gasteiger partial charge in [-0.05, 0) is 35.4 Å². The summed E-state index contributed by atoms with van der Waals surface area (Å²) in [6.45, 7) is 0.604. The summed E-state index contributed by atoms with van der Waals surface area (Å²) in [5, 5.41) is 17.9. The molecule has 0 fully saturated rings. The number of para-hydroxylation sites is 1. The zero-order valence-corrected chi connectivity index (χ0v) is 15.6. The van der Waals surface area contributed by atoms with E-state index in [1.165, 1.54) is 6.08 Å². The van der Waals surface area contributed by atoms with E-state index in [2.05, 4.69) is 12.1 Å². The molecular formula is C24H19NO4. The number of benzene rings is 3. The molecule has 0 spiro atoms. The average molecular weight is 385 g/mol. The maximum absolute atomic E-state index is 11.0. The predicted octanol–water partition coefficient (Wildman–Crippen LogP) is 4.80. The minimum Gasteiger partial charge on any atom is -0.490 e. The van der Waals surface area contributed by atoms with Gasteiger partial charge in [0.15, 0.2) is 0 Å². The number of nitrogens with zero attached hydrogens (tertiary/aromatic N) is 1. The molecule has 144 valence electrons. The first-order valence-corrected chi connectivity index (χ1v) is 9.02. The van der Waals surface area contributed by atoms with Gasteiger partial charge in [-0.25, -0.2) is 4.79 Å². The van der Waals surface area contributed by atoms with Gasteiger partial charge in [-0.15, -0.1) is 0 Å². The van der Waals surface area contributed by atoms with Crippen LogP contribution < -0.4 is 9.47 Å². The third kappa shape index (κ3) is 5.47. The molecule has 3 aromatic rings. The summed E-state index contributed by atoms with van der Waals surface area (Å²) in [6.07, 6.45) is 1.29. The highest BCUT2D eigenvalue weighted by molar-refractivity contribution is 5.96. The third-order valence-electron chi connectivity index (χ3n) is 4.14. The summed E-state index contributed by atoms with van der Waals surface area (Å²) in [5.41, 5.74) is 2.43. The Labute approximate surface area is 169 Å². The summed E-state index contributed by atoms with van der Waals surface area (Å²) in [5.74, 6) is -0.0479. The number of hydrogen-bond acceptors (Lipinski definition) is 4. The van der Waals surface area contributed by atoms with Crippen LogP contribution in [0.15, 0.2) is 84.4 Å². The lowest BCUT2D eigenvalue weighted by molar-refractivity contribution is -0.132. The topological polar surface area (TPSA) is 79.5 Å². The normalized spacial score (nSPS) is 10.8. The molecule has 0 aromatic heterocycles. The lowest BCUT2D eigenvalue weighted by Crippen LogP contribution is -2.09. The molecule has 0 atom stereocenters. The molecule has 0 aliphatic heterocycles. The van der Waals surface area contributed by atoms with Crippen molar-refractivity contribution in [3.63, 3.8) is 0 Å². The second-order valence-corrected chi connectivity index (χ2v) is 6.10. The van der Waals surface area contributed by atoms with Gasteiger partial charge in [0.1, 0.15) is 36.4 Å². The highest BCUT2D eigenvalue weighted by Crippen LogP contribution is 2.23. The standard InChI is InChI=1S/C24H19NO4/c25-17-21(24(26)27)16-20-8-4-5-9-23(20)29-15-14-28-22-12-10-19(11-13-22)18-6-2-1-3-7-18/h1-13,16H,14-15H2,(H,26,27). The molecule has 29 heavy (non-hydrogen) atoms. The van der Waals surface area contributed by atoms with Gasteiger partial charge in [0, 0.05) is 5.56 Å². The molecule has 5 heteroatoms. The van der Waals surface area contributed by atoms with Crippen LogP contribution in [0, 0.1) is 11.3 Å². The van der Waals surface area contributed by atoms with E-state index in [1.54, 1.807) is 30.3 Å². The molecule has 0 saturated carbocycles. The number of carboxylic acids is 1. The van der Waals surface area contributed by atoms with Gasteiger partial charge in [-0.2, -0.15) is 5.26 Å². The number of carbonyl (C=O) groups is 1. The Morgan fingerprint density at radius 1 is 0.862 bits per heavy atom. The van der Waals surface area contributed by atoms with E-state index in [-0.39, 0.29) is 12.2 Å². The molecule has 0 saturated heterocycles. The van der Waals surface area contributed by atoms with E-state index in [9.17, 15) is 4.79 Å². The van der Waals surface area contributed by atoms with Crippen LogP contribution in [-0.2, 0) is 4.79 Å². The Bertz CT molecular complexity index is 1030. The van der Waals surface area contributed by atoms with Crippen LogP contribution in [0.1, 0.15) is 5.56 Å². The van der Waals surface area contributed by atoms with E-state index >= 15 is 0 Å². The highest BCUT2D eigenvalue weighted by atomic mass is 16.5. The molecule has 5 nitrogen and oxygen atoms in total. The molecule has 0 aliphatic carbocycles. The van der Waals surface area contributed by atoms with Gasteiger partial charge in [0.2, 0.25) is 0 Å². The third-order valence-corrected chi connectivity index (χ3v) is 4.14. The Kier molecular flexibility index (Phi) is 6.64. The van der Waals surface area contributed by atoms with E-state index in [4.69, 9.17) is 19.8 Å². The summed E-state index contributed by atoms with van der Waals surface area (Å²) < 4.78 is 11.4. The Morgan fingerprint density at radius 3 is 2.17 bits per heavy atom. The van der Waals surface area contributed by atoms with E-state index in [1.807, 2.05) is 42.5 Å². The van der Waals surface area contributed by atoms with Crippen LogP contribution in [0.2, 0.25) is 0 Å². The van der Waals surface area contributed by atoms with E-state index < -0.39 is 5.97 Å². The van der Waals surface area contributed by atoms with Gasteiger partial charge < -0.3 is 14.6 Å². The number of aliphatic carboxylic acids is 1. The van der Waals surface area contributed by atoms with Crippen molar-refractivity contribution in [2.24, 2.45) is 0 Å². The molecule has 1 N–H and O–H groups in total. The van der Waals surface area contributed by atoms with E-state index in [0.29, 0.717) is 17.9 Å². The molecular weight excluding hydrogens is 366 g/mol. The second kappa shape index (κ2) is 9.77. The largest absolute Gasteiger partial charge is 0.490 e. The molecule has 0 bridgehead atoms. The van der Waals surface area contributed by atoms with Crippen molar-refractivity contribution in [3.8, 4) is 28.7 Å². The summed E-state index contributed by atoms with van der Waals surface area (Å²) in [7, 11) is 0. The van der Waals surface area contributed by atoms with Crippen molar-refractivity contribution < 1.29 is 19.4 Å². The number of rotatable bonds is 8. The Balaban J connectivity index is 1.56. The van der Waals surface area contributed by atoms with Crippen LogP contribution in [-0.4, -0.2) is 24.3 Å².